The molecule has 2 aromatic heterocycles. The van der Waals surface area contributed by atoms with Crippen LogP contribution in [0.25, 0.3) is 0 Å². The van der Waals surface area contributed by atoms with Gasteiger partial charge in [-0.15, -0.1) is 0 Å². The second-order valence-corrected chi connectivity index (χ2v) is 5.29. The van der Waals surface area contributed by atoms with Gasteiger partial charge in [0.2, 0.25) is 0 Å². The smallest absolute Gasteiger partial charge is 0.337 e. The zero-order valence-electron chi connectivity index (χ0n) is 13.1. The van der Waals surface area contributed by atoms with E-state index in [1.165, 1.54) is 7.11 Å². The monoisotopic (exact) mass is 310 g/mol. The third-order valence-corrected chi connectivity index (χ3v) is 3.74. The summed E-state index contributed by atoms with van der Waals surface area (Å²) < 4.78 is 8.81. The number of aryl methyl sites for hydroxylation is 1. The number of esters is 1. The van der Waals surface area contributed by atoms with Gasteiger partial charge in [0.1, 0.15) is 11.6 Å². The van der Waals surface area contributed by atoms with Crippen LogP contribution in [-0.2, 0) is 24.8 Å². The van der Waals surface area contributed by atoms with Crippen LogP contribution in [0, 0.1) is 0 Å². The molecule has 0 amide bonds. The van der Waals surface area contributed by atoms with Gasteiger partial charge < -0.3 is 13.9 Å². The quantitative estimate of drug-likeness (QED) is 0.677. The Labute approximate surface area is 134 Å². The summed E-state index contributed by atoms with van der Waals surface area (Å²) in [6.45, 7) is 0.643. The van der Waals surface area contributed by atoms with Crippen molar-refractivity contribution in [2.75, 3.05) is 7.11 Å². The molecule has 0 N–H and O–H groups in total. The van der Waals surface area contributed by atoms with Crippen molar-refractivity contribution < 1.29 is 9.53 Å². The minimum absolute atomic E-state index is 0.328. The molecule has 23 heavy (non-hydrogen) atoms. The third kappa shape index (κ3) is 3.31. The Hall–Kier alpha value is -2.89. The number of hydrogen-bond acceptors (Lipinski definition) is 4. The molecule has 0 fully saturated rings. The number of carbonyl (C=O) groups is 1. The fraction of sp³-hybridized carbons (Fsp3) is 0.235. The van der Waals surface area contributed by atoms with Crippen LogP contribution in [-0.4, -0.2) is 32.2 Å². The Morgan fingerprint density at radius 3 is 2.70 bits per heavy atom. The second kappa shape index (κ2) is 6.48. The number of rotatable bonds is 5. The number of hydrogen-bond donors (Lipinski definition) is 0. The second-order valence-electron chi connectivity index (χ2n) is 5.29. The number of carbonyl (C=O) groups excluding carboxylic acids is 1. The Kier molecular flexibility index (Phi) is 4.23. The number of imidazole rings is 2. The van der Waals surface area contributed by atoms with E-state index in [1.54, 1.807) is 18.5 Å². The van der Waals surface area contributed by atoms with Crippen LogP contribution < -0.4 is 0 Å². The molecule has 3 rings (SSSR count). The van der Waals surface area contributed by atoms with Crippen LogP contribution in [0.3, 0.4) is 0 Å². The zero-order valence-corrected chi connectivity index (χ0v) is 13.1. The largest absolute Gasteiger partial charge is 0.465 e. The molecule has 0 radical (unpaired) electrons. The zero-order chi connectivity index (χ0) is 16.2. The van der Waals surface area contributed by atoms with E-state index in [-0.39, 0.29) is 5.97 Å². The Morgan fingerprint density at radius 1 is 1.17 bits per heavy atom. The molecule has 3 aromatic rings. The number of nitrogens with zero attached hydrogens (tertiary/aromatic N) is 4. The van der Waals surface area contributed by atoms with E-state index in [2.05, 4.69) is 14.5 Å². The maximum absolute atomic E-state index is 11.6. The van der Waals surface area contributed by atoms with E-state index in [1.807, 2.05) is 42.2 Å². The molecule has 0 spiro atoms. The molecule has 6 nitrogen and oxygen atoms in total. The molecule has 0 unspecified atom stereocenters. The minimum Gasteiger partial charge on any atom is -0.465 e. The first-order valence-electron chi connectivity index (χ1n) is 7.31. The maximum Gasteiger partial charge on any atom is 0.337 e. The highest BCUT2D eigenvalue weighted by Gasteiger charge is 2.10. The van der Waals surface area contributed by atoms with Crippen molar-refractivity contribution in [3.05, 3.63) is 71.8 Å². The van der Waals surface area contributed by atoms with Crippen molar-refractivity contribution in [1.29, 1.82) is 0 Å². The van der Waals surface area contributed by atoms with Gasteiger partial charge in [0.05, 0.1) is 19.1 Å². The summed E-state index contributed by atoms with van der Waals surface area (Å²) in [6, 6.07) is 7.43. The molecule has 0 aliphatic heterocycles. The summed E-state index contributed by atoms with van der Waals surface area (Å²) in [6.07, 6.45) is 8.07. The maximum atomic E-state index is 11.6. The van der Waals surface area contributed by atoms with E-state index in [0.29, 0.717) is 18.5 Å². The SMILES string of the molecule is COC(=O)c1cccc(Cn2ccnc2Cc2nccn2C)c1. The number of methoxy groups -OCH3 is 1. The molecule has 6 heteroatoms. The van der Waals surface area contributed by atoms with Crippen LogP contribution >= 0.6 is 0 Å². The highest BCUT2D eigenvalue weighted by Crippen LogP contribution is 2.12. The van der Waals surface area contributed by atoms with Gasteiger partial charge in [-0.25, -0.2) is 14.8 Å². The van der Waals surface area contributed by atoms with Gasteiger partial charge in [-0.3, -0.25) is 0 Å². The minimum atomic E-state index is -0.328. The predicted molar refractivity (Wildman–Crippen MR) is 85.1 cm³/mol. The molecule has 0 aliphatic rings. The lowest BCUT2D eigenvalue weighted by atomic mass is 10.1. The molecule has 0 saturated carbocycles. The molecule has 0 bridgehead atoms. The van der Waals surface area contributed by atoms with Crippen LogP contribution in [0.1, 0.15) is 27.6 Å². The number of aromatic nitrogens is 4. The summed E-state index contributed by atoms with van der Waals surface area (Å²) in [5.41, 5.74) is 1.57. The van der Waals surface area contributed by atoms with Gasteiger partial charge in [-0.2, -0.15) is 0 Å². The Balaban J connectivity index is 1.80. The summed E-state index contributed by atoms with van der Waals surface area (Å²) >= 11 is 0. The normalized spacial score (nSPS) is 10.7. The van der Waals surface area contributed by atoms with E-state index >= 15 is 0 Å². The highest BCUT2D eigenvalue weighted by atomic mass is 16.5. The Morgan fingerprint density at radius 2 is 1.96 bits per heavy atom. The molecular formula is C17H18N4O2. The lowest BCUT2D eigenvalue weighted by molar-refractivity contribution is 0.0600. The molecule has 2 heterocycles. The molecule has 0 atom stereocenters. The predicted octanol–water partition coefficient (Wildman–Crippen LogP) is 2.04. The van der Waals surface area contributed by atoms with Gasteiger partial charge in [0.15, 0.2) is 0 Å². The molecule has 0 saturated heterocycles. The number of benzene rings is 1. The molecule has 0 aliphatic carbocycles. The third-order valence-electron chi connectivity index (χ3n) is 3.74. The highest BCUT2D eigenvalue weighted by molar-refractivity contribution is 5.89. The molecular weight excluding hydrogens is 292 g/mol. The lowest BCUT2D eigenvalue weighted by Crippen LogP contribution is -2.09. The van der Waals surface area contributed by atoms with Crippen molar-refractivity contribution in [3.8, 4) is 0 Å². The average Bonchev–Trinajstić information content (AvgIpc) is 3.17. The van der Waals surface area contributed by atoms with Gasteiger partial charge in [-0.1, -0.05) is 12.1 Å². The van der Waals surface area contributed by atoms with Crippen molar-refractivity contribution >= 4 is 5.97 Å². The first kappa shape index (κ1) is 15.0. The fourth-order valence-corrected chi connectivity index (χ4v) is 2.47. The van der Waals surface area contributed by atoms with Crippen LogP contribution in [0.5, 0.6) is 0 Å². The molecule has 1 aromatic carbocycles. The summed E-state index contributed by atoms with van der Waals surface area (Å²) in [5, 5.41) is 0. The number of ether oxygens (including phenoxy) is 1. The van der Waals surface area contributed by atoms with Gasteiger partial charge in [0, 0.05) is 38.4 Å². The molecule has 118 valence electrons. The standard InChI is InChI=1S/C17H18N4O2/c1-20-8-6-18-15(20)11-16-19-7-9-21(16)12-13-4-3-5-14(10-13)17(22)23-2/h3-10H,11-12H2,1-2H3. The van der Waals surface area contributed by atoms with E-state index in [9.17, 15) is 4.79 Å². The van der Waals surface area contributed by atoms with E-state index < -0.39 is 0 Å². The average molecular weight is 310 g/mol. The Bertz CT molecular complexity index is 819. The summed E-state index contributed by atoms with van der Waals surface area (Å²) in [7, 11) is 3.35. The summed E-state index contributed by atoms with van der Waals surface area (Å²) in [5.74, 6) is 1.56. The van der Waals surface area contributed by atoms with E-state index in [0.717, 1.165) is 17.2 Å². The van der Waals surface area contributed by atoms with Crippen LogP contribution in [0.2, 0.25) is 0 Å². The first-order valence-corrected chi connectivity index (χ1v) is 7.31. The van der Waals surface area contributed by atoms with Crippen LogP contribution in [0.15, 0.2) is 49.1 Å². The fourth-order valence-electron chi connectivity index (χ4n) is 2.47. The van der Waals surface area contributed by atoms with Crippen molar-refractivity contribution in [3.63, 3.8) is 0 Å². The van der Waals surface area contributed by atoms with Crippen molar-refractivity contribution in [2.24, 2.45) is 7.05 Å². The topological polar surface area (TPSA) is 61.9 Å². The van der Waals surface area contributed by atoms with Gasteiger partial charge >= 0.3 is 5.97 Å². The van der Waals surface area contributed by atoms with Gasteiger partial charge in [-0.05, 0) is 17.7 Å². The van der Waals surface area contributed by atoms with Crippen molar-refractivity contribution in [1.82, 2.24) is 19.1 Å². The van der Waals surface area contributed by atoms with E-state index in [4.69, 9.17) is 4.74 Å². The summed E-state index contributed by atoms with van der Waals surface area (Å²) in [4.78, 5) is 20.4. The first-order chi connectivity index (χ1) is 11.2. The lowest BCUT2D eigenvalue weighted by Gasteiger charge is -2.09. The van der Waals surface area contributed by atoms with Crippen LogP contribution in [0.4, 0.5) is 0 Å². The van der Waals surface area contributed by atoms with Crippen molar-refractivity contribution in [2.45, 2.75) is 13.0 Å². The van der Waals surface area contributed by atoms with Gasteiger partial charge in [0.25, 0.3) is 0 Å².